The van der Waals surface area contributed by atoms with Crippen LogP contribution in [-0.4, -0.2) is 62.0 Å². The monoisotopic (exact) mass is 617 g/mol. The van der Waals surface area contributed by atoms with Gasteiger partial charge in [0.05, 0.1) is 19.9 Å². The van der Waals surface area contributed by atoms with Crippen LogP contribution < -0.4 is 16.1 Å². The van der Waals surface area contributed by atoms with Crippen molar-refractivity contribution in [1.82, 2.24) is 36.1 Å². The van der Waals surface area contributed by atoms with E-state index < -0.39 is 23.8 Å². The van der Waals surface area contributed by atoms with Crippen LogP contribution in [0.4, 0.5) is 0 Å². The number of para-hydroxylation sites is 1. The van der Waals surface area contributed by atoms with Crippen LogP contribution in [0.25, 0.3) is 10.9 Å². The number of benzene rings is 2. The lowest BCUT2D eigenvalue weighted by atomic mass is 9.95. The Labute approximate surface area is 260 Å². The maximum atomic E-state index is 12.9. The van der Waals surface area contributed by atoms with Crippen molar-refractivity contribution in [3.05, 3.63) is 83.8 Å². The van der Waals surface area contributed by atoms with Gasteiger partial charge in [-0.3, -0.25) is 24.3 Å². The zero-order chi connectivity index (χ0) is 32.0. The number of aryl methyl sites for hydroxylation is 2. The highest BCUT2D eigenvalue weighted by atomic mass is 16.5. The predicted molar refractivity (Wildman–Crippen MR) is 164 cm³/mol. The van der Waals surface area contributed by atoms with Gasteiger partial charge in [0.25, 0.3) is 0 Å². The number of ether oxygens (including phenoxy) is 1. The van der Waals surface area contributed by atoms with Crippen molar-refractivity contribution in [2.75, 3.05) is 7.11 Å². The number of esters is 1. The summed E-state index contributed by atoms with van der Waals surface area (Å²) < 4.78 is 6.50. The molecule has 0 aliphatic rings. The van der Waals surface area contributed by atoms with Gasteiger partial charge >= 0.3 is 5.97 Å². The van der Waals surface area contributed by atoms with Crippen LogP contribution in [0.1, 0.15) is 48.9 Å². The third-order valence-corrected chi connectivity index (χ3v) is 7.53. The Balaban J connectivity index is 1.22. The number of aromatic amines is 1. The summed E-state index contributed by atoms with van der Waals surface area (Å²) in [5.41, 5.74) is 5.11. The fraction of sp³-hybridized carbons (Fsp3) is 0.375. The first-order valence-corrected chi connectivity index (χ1v) is 14.9. The SMILES string of the molecule is COC(=O)[C@H](Cc1c[nH]c2ccccc12)NC(=O)CCCn1cc(CNC(=O)C(CCCc2ccccc2)CC(=O)NO)nn1. The van der Waals surface area contributed by atoms with Crippen molar-refractivity contribution in [1.29, 1.82) is 0 Å². The van der Waals surface area contributed by atoms with Gasteiger partial charge in [0.2, 0.25) is 17.7 Å². The number of fused-ring (bicyclic) bond motifs is 1. The van der Waals surface area contributed by atoms with Crippen LogP contribution >= 0.6 is 0 Å². The second kappa shape index (κ2) is 16.7. The van der Waals surface area contributed by atoms with Crippen molar-refractivity contribution in [2.45, 2.75) is 64.1 Å². The summed E-state index contributed by atoms with van der Waals surface area (Å²) in [6, 6.07) is 16.8. The summed E-state index contributed by atoms with van der Waals surface area (Å²) in [6.07, 6.45) is 6.21. The van der Waals surface area contributed by atoms with Crippen LogP contribution in [0.3, 0.4) is 0 Å². The normalized spacial score (nSPS) is 12.3. The van der Waals surface area contributed by atoms with Crippen molar-refractivity contribution in [3.63, 3.8) is 0 Å². The molecule has 13 nitrogen and oxygen atoms in total. The van der Waals surface area contributed by atoms with Gasteiger partial charge in [-0.1, -0.05) is 53.7 Å². The minimum atomic E-state index is -0.825. The molecule has 2 atom stereocenters. The maximum absolute atomic E-state index is 12.9. The molecule has 4 aromatic rings. The van der Waals surface area contributed by atoms with E-state index in [4.69, 9.17) is 9.94 Å². The van der Waals surface area contributed by atoms with Crippen molar-refractivity contribution < 1.29 is 29.1 Å². The van der Waals surface area contributed by atoms with Gasteiger partial charge in [0.1, 0.15) is 11.7 Å². The van der Waals surface area contributed by atoms with Gasteiger partial charge in [-0.2, -0.15) is 0 Å². The van der Waals surface area contributed by atoms with E-state index >= 15 is 0 Å². The largest absolute Gasteiger partial charge is 0.467 e. The highest BCUT2D eigenvalue weighted by molar-refractivity contribution is 5.87. The van der Waals surface area contributed by atoms with Crippen LogP contribution in [0.15, 0.2) is 67.0 Å². The topological polar surface area (TPSA) is 180 Å². The number of nitrogens with one attached hydrogen (secondary N) is 4. The average molecular weight is 618 g/mol. The molecule has 0 aliphatic heterocycles. The van der Waals surface area contributed by atoms with E-state index in [1.807, 2.05) is 60.8 Å². The third-order valence-electron chi connectivity index (χ3n) is 7.53. The number of amides is 3. The van der Waals surface area contributed by atoms with Gasteiger partial charge < -0.3 is 20.4 Å². The lowest BCUT2D eigenvalue weighted by Gasteiger charge is -2.16. The van der Waals surface area contributed by atoms with E-state index in [0.717, 1.165) is 28.5 Å². The number of aromatic nitrogens is 4. The molecule has 5 N–H and O–H groups in total. The van der Waals surface area contributed by atoms with E-state index in [1.165, 1.54) is 7.11 Å². The van der Waals surface area contributed by atoms with Crippen LogP contribution in [-0.2, 0) is 49.8 Å². The maximum Gasteiger partial charge on any atom is 0.328 e. The van der Waals surface area contributed by atoms with Crippen molar-refractivity contribution in [2.24, 2.45) is 5.92 Å². The van der Waals surface area contributed by atoms with Crippen LogP contribution in [0.2, 0.25) is 0 Å². The average Bonchev–Trinajstić information content (AvgIpc) is 3.69. The first-order chi connectivity index (χ1) is 21.9. The summed E-state index contributed by atoms with van der Waals surface area (Å²) in [4.78, 5) is 52.9. The Bertz CT molecular complexity index is 1570. The number of H-pyrrole nitrogens is 1. The first kappa shape index (κ1) is 32.9. The number of methoxy groups -OCH3 is 1. The lowest BCUT2D eigenvalue weighted by molar-refractivity contribution is -0.145. The highest BCUT2D eigenvalue weighted by Crippen LogP contribution is 2.20. The number of hydrogen-bond donors (Lipinski definition) is 5. The van der Waals surface area contributed by atoms with E-state index in [2.05, 4.69) is 25.9 Å². The Morgan fingerprint density at radius 1 is 1.02 bits per heavy atom. The van der Waals surface area contributed by atoms with E-state index in [0.29, 0.717) is 37.9 Å². The molecule has 2 aromatic carbocycles. The molecular weight excluding hydrogens is 578 g/mol. The number of hydrogen-bond acceptors (Lipinski definition) is 8. The zero-order valence-electron chi connectivity index (χ0n) is 25.2. The molecule has 0 fully saturated rings. The second-order valence-corrected chi connectivity index (χ2v) is 10.8. The molecule has 0 bridgehead atoms. The Morgan fingerprint density at radius 3 is 2.58 bits per heavy atom. The smallest absolute Gasteiger partial charge is 0.328 e. The Morgan fingerprint density at radius 2 is 1.80 bits per heavy atom. The summed E-state index contributed by atoms with van der Waals surface area (Å²) >= 11 is 0. The summed E-state index contributed by atoms with van der Waals surface area (Å²) in [7, 11) is 1.29. The minimum absolute atomic E-state index is 0.115. The van der Waals surface area contributed by atoms with Gasteiger partial charge in [-0.25, -0.2) is 10.3 Å². The van der Waals surface area contributed by atoms with Gasteiger partial charge in [0.15, 0.2) is 0 Å². The molecule has 0 radical (unpaired) electrons. The predicted octanol–water partition coefficient (Wildman–Crippen LogP) is 2.59. The standard InChI is InChI=1S/C32H39N7O6/c1-45-32(43)28(17-24-19-33-27-14-6-5-13-26(24)27)35-29(40)15-8-16-39-21-25(36-38-39)20-34-31(42)23(18-30(41)37-44)12-7-11-22-9-3-2-4-10-22/h2-6,9-10,13-14,19,21,23,28,33,44H,7-8,11-12,15-18,20H2,1H3,(H,34,42)(H,35,40)(H,37,41)/t23?,28-/m0/s1. The summed E-state index contributed by atoms with van der Waals surface area (Å²) in [6.45, 7) is 0.516. The molecule has 2 aromatic heterocycles. The molecule has 238 valence electrons. The molecule has 13 heteroatoms. The van der Waals surface area contributed by atoms with Crippen molar-refractivity contribution in [3.8, 4) is 0 Å². The number of hydroxylamine groups is 1. The van der Waals surface area contributed by atoms with E-state index in [1.54, 1.807) is 16.4 Å². The fourth-order valence-electron chi connectivity index (χ4n) is 5.17. The van der Waals surface area contributed by atoms with Crippen LogP contribution in [0, 0.1) is 5.92 Å². The number of carbonyl (C=O) groups excluding carboxylic acids is 4. The van der Waals surface area contributed by atoms with Gasteiger partial charge in [-0.15, -0.1) is 5.10 Å². The Kier molecular flexibility index (Phi) is 12.2. The third kappa shape index (κ3) is 10.00. The summed E-state index contributed by atoms with van der Waals surface area (Å²) in [5.74, 6) is -2.36. The molecule has 0 saturated carbocycles. The number of carbonyl (C=O) groups is 4. The zero-order valence-corrected chi connectivity index (χ0v) is 25.2. The quantitative estimate of drug-likeness (QED) is 0.0681. The minimum Gasteiger partial charge on any atom is -0.467 e. The molecule has 4 rings (SSSR count). The Hall–Kier alpha value is -5.04. The van der Waals surface area contributed by atoms with Gasteiger partial charge in [0, 0.05) is 48.8 Å². The number of rotatable bonds is 17. The molecule has 0 spiro atoms. The second-order valence-electron chi connectivity index (χ2n) is 10.8. The molecular formula is C32H39N7O6. The van der Waals surface area contributed by atoms with Crippen molar-refractivity contribution >= 4 is 34.6 Å². The molecule has 0 aliphatic carbocycles. The molecule has 1 unspecified atom stereocenters. The van der Waals surface area contributed by atoms with Crippen LogP contribution in [0.5, 0.6) is 0 Å². The first-order valence-electron chi connectivity index (χ1n) is 14.9. The number of nitrogens with zero attached hydrogens (tertiary/aromatic N) is 3. The van der Waals surface area contributed by atoms with E-state index in [9.17, 15) is 19.2 Å². The molecule has 0 saturated heterocycles. The fourth-order valence-corrected chi connectivity index (χ4v) is 5.17. The molecule has 45 heavy (non-hydrogen) atoms. The molecule has 2 heterocycles. The lowest BCUT2D eigenvalue weighted by Crippen LogP contribution is -2.43. The molecule has 3 amide bonds. The van der Waals surface area contributed by atoms with Gasteiger partial charge in [-0.05, 0) is 42.9 Å². The summed E-state index contributed by atoms with van der Waals surface area (Å²) in [5, 5.41) is 23.7. The highest BCUT2D eigenvalue weighted by Gasteiger charge is 2.24. The van der Waals surface area contributed by atoms with E-state index in [-0.39, 0.29) is 31.2 Å².